The molecule has 60 valence electrons. The van der Waals surface area contributed by atoms with Crippen molar-refractivity contribution in [2.24, 2.45) is 17.8 Å². The summed E-state index contributed by atoms with van der Waals surface area (Å²) in [4.78, 5) is 11.3. The molecular formula is C9H13NO. The minimum atomic E-state index is 0.346. The first-order valence-electron chi connectivity index (χ1n) is 4.66. The van der Waals surface area contributed by atoms with Gasteiger partial charge in [-0.05, 0) is 31.1 Å². The van der Waals surface area contributed by atoms with Crippen LogP contribution in [0.15, 0.2) is 0 Å². The molecule has 2 bridgehead atoms. The Morgan fingerprint density at radius 2 is 2.09 bits per heavy atom. The Balaban J connectivity index is 1.95. The van der Waals surface area contributed by atoms with Gasteiger partial charge in [0, 0.05) is 12.0 Å². The van der Waals surface area contributed by atoms with Crippen LogP contribution in [-0.2, 0) is 4.79 Å². The van der Waals surface area contributed by atoms with Crippen LogP contribution >= 0.6 is 0 Å². The molecule has 2 nitrogen and oxygen atoms in total. The van der Waals surface area contributed by atoms with E-state index in [-0.39, 0.29) is 0 Å². The third-order valence-electron chi connectivity index (χ3n) is 3.83. The fraction of sp³-hybridized carbons (Fsp3) is 0.889. The molecule has 0 radical (unpaired) electrons. The number of piperidine rings is 1. The van der Waals surface area contributed by atoms with E-state index in [0.717, 1.165) is 18.3 Å². The lowest BCUT2D eigenvalue weighted by atomic mass is 9.89. The molecule has 1 saturated heterocycles. The van der Waals surface area contributed by atoms with Crippen molar-refractivity contribution in [2.75, 3.05) is 0 Å². The maximum Gasteiger partial charge on any atom is 0.223 e. The van der Waals surface area contributed by atoms with Crippen molar-refractivity contribution in [2.45, 2.75) is 31.7 Å². The van der Waals surface area contributed by atoms with Gasteiger partial charge in [0.25, 0.3) is 0 Å². The summed E-state index contributed by atoms with van der Waals surface area (Å²) in [5, 5.41) is 3.09. The first-order chi connectivity index (χ1) is 5.36. The standard InChI is InChI=1S/C9H13NO/c11-9-7-4-8(10-9)6-3-1-2-5(6)7/h5-8H,1-4H2,(H,10,11). The molecule has 2 aliphatic carbocycles. The largest absolute Gasteiger partial charge is 0.353 e. The lowest BCUT2D eigenvalue weighted by Crippen LogP contribution is -2.40. The summed E-state index contributed by atoms with van der Waals surface area (Å²) in [6, 6.07) is 0.569. The van der Waals surface area contributed by atoms with Gasteiger partial charge in [-0.3, -0.25) is 4.79 Å². The highest BCUT2D eigenvalue weighted by Crippen LogP contribution is 2.50. The van der Waals surface area contributed by atoms with Crippen LogP contribution in [0, 0.1) is 17.8 Å². The molecule has 1 heterocycles. The molecule has 0 aromatic heterocycles. The fourth-order valence-corrected chi connectivity index (χ4v) is 3.40. The van der Waals surface area contributed by atoms with E-state index in [4.69, 9.17) is 0 Å². The Kier molecular flexibility index (Phi) is 0.984. The van der Waals surface area contributed by atoms with Gasteiger partial charge >= 0.3 is 0 Å². The lowest BCUT2D eigenvalue weighted by Gasteiger charge is -2.24. The van der Waals surface area contributed by atoms with Crippen molar-refractivity contribution in [3.05, 3.63) is 0 Å². The first kappa shape index (κ1) is 6.04. The van der Waals surface area contributed by atoms with E-state index < -0.39 is 0 Å². The number of hydrogen-bond donors (Lipinski definition) is 1. The van der Waals surface area contributed by atoms with Crippen LogP contribution in [0.4, 0.5) is 0 Å². The van der Waals surface area contributed by atoms with Gasteiger partial charge in [-0.25, -0.2) is 0 Å². The number of carbonyl (C=O) groups excluding carboxylic acids is 1. The molecule has 0 spiro atoms. The first-order valence-corrected chi connectivity index (χ1v) is 4.66. The molecule has 0 aromatic rings. The molecular weight excluding hydrogens is 138 g/mol. The van der Waals surface area contributed by atoms with E-state index in [1.165, 1.54) is 19.3 Å². The van der Waals surface area contributed by atoms with Gasteiger partial charge in [0.15, 0.2) is 0 Å². The van der Waals surface area contributed by atoms with Gasteiger partial charge in [-0.15, -0.1) is 0 Å². The molecule has 1 aliphatic heterocycles. The van der Waals surface area contributed by atoms with E-state index in [1.807, 2.05) is 0 Å². The van der Waals surface area contributed by atoms with Crippen LogP contribution in [0.1, 0.15) is 25.7 Å². The summed E-state index contributed by atoms with van der Waals surface area (Å²) in [6.45, 7) is 0. The lowest BCUT2D eigenvalue weighted by molar-refractivity contribution is -0.125. The predicted octanol–water partition coefficient (Wildman–Crippen LogP) is 0.921. The van der Waals surface area contributed by atoms with E-state index in [2.05, 4.69) is 5.32 Å². The second-order valence-corrected chi connectivity index (χ2v) is 4.22. The maximum atomic E-state index is 11.3. The highest BCUT2D eigenvalue weighted by Gasteiger charge is 2.53. The normalized spacial score (nSPS) is 52.9. The molecule has 11 heavy (non-hydrogen) atoms. The highest BCUT2D eigenvalue weighted by molar-refractivity contribution is 5.83. The van der Waals surface area contributed by atoms with Crippen molar-refractivity contribution in [1.29, 1.82) is 0 Å². The molecule has 2 saturated carbocycles. The SMILES string of the molecule is O=C1NC2CC1C1CCCC21. The van der Waals surface area contributed by atoms with Crippen molar-refractivity contribution in [1.82, 2.24) is 5.32 Å². The fourth-order valence-electron chi connectivity index (χ4n) is 3.40. The number of fused-ring (bicyclic) bond motifs is 5. The van der Waals surface area contributed by atoms with Crippen molar-refractivity contribution in [3.8, 4) is 0 Å². The Bertz CT molecular complexity index is 214. The molecule has 3 aliphatic rings. The summed E-state index contributed by atoms with van der Waals surface area (Å²) in [7, 11) is 0. The minimum Gasteiger partial charge on any atom is -0.353 e. The van der Waals surface area contributed by atoms with Crippen LogP contribution in [0.3, 0.4) is 0 Å². The van der Waals surface area contributed by atoms with Gasteiger partial charge in [0.1, 0.15) is 0 Å². The van der Waals surface area contributed by atoms with Gasteiger partial charge in [-0.2, -0.15) is 0 Å². The van der Waals surface area contributed by atoms with Crippen LogP contribution in [0.25, 0.3) is 0 Å². The second kappa shape index (κ2) is 1.79. The van der Waals surface area contributed by atoms with Crippen LogP contribution in [0.5, 0.6) is 0 Å². The van der Waals surface area contributed by atoms with Gasteiger partial charge in [-0.1, -0.05) is 6.42 Å². The number of carbonyl (C=O) groups is 1. The van der Waals surface area contributed by atoms with E-state index in [9.17, 15) is 4.79 Å². The third-order valence-corrected chi connectivity index (χ3v) is 3.83. The monoisotopic (exact) mass is 151 g/mol. The third kappa shape index (κ3) is 0.608. The molecule has 4 unspecified atom stereocenters. The van der Waals surface area contributed by atoms with Crippen LogP contribution < -0.4 is 5.32 Å². The summed E-state index contributed by atoms with van der Waals surface area (Å²) < 4.78 is 0. The van der Waals surface area contributed by atoms with Crippen molar-refractivity contribution >= 4 is 5.91 Å². The zero-order valence-electron chi connectivity index (χ0n) is 6.55. The second-order valence-electron chi connectivity index (χ2n) is 4.22. The Morgan fingerprint density at radius 1 is 1.27 bits per heavy atom. The van der Waals surface area contributed by atoms with Gasteiger partial charge in [0.05, 0.1) is 0 Å². The summed E-state index contributed by atoms with van der Waals surface area (Å²) >= 11 is 0. The number of hydrogen-bond acceptors (Lipinski definition) is 1. The van der Waals surface area contributed by atoms with Crippen molar-refractivity contribution in [3.63, 3.8) is 0 Å². The van der Waals surface area contributed by atoms with Gasteiger partial charge in [0.2, 0.25) is 5.91 Å². The van der Waals surface area contributed by atoms with E-state index >= 15 is 0 Å². The molecule has 3 fully saturated rings. The molecule has 0 aromatic carbocycles. The molecule has 2 heteroatoms. The minimum absolute atomic E-state index is 0.346. The summed E-state index contributed by atoms with van der Waals surface area (Å²) in [5.74, 6) is 2.39. The number of rotatable bonds is 0. The van der Waals surface area contributed by atoms with Gasteiger partial charge < -0.3 is 5.32 Å². The molecule has 3 rings (SSSR count). The number of amides is 1. The van der Waals surface area contributed by atoms with E-state index in [1.54, 1.807) is 0 Å². The molecule has 1 N–H and O–H groups in total. The maximum absolute atomic E-state index is 11.3. The summed E-state index contributed by atoms with van der Waals surface area (Å²) in [5.41, 5.74) is 0. The number of nitrogens with one attached hydrogen (secondary N) is 1. The Morgan fingerprint density at radius 3 is 3.00 bits per heavy atom. The quantitative estimate of drug-likeness (QED) is 0.548. The van der Waals surface area contributed by atoms with Crippen molar-refractivity contribution < 1.29 is 4.79 Å². The van der Waals surface area contributed by atoms with E-state index in [0.29, 0.717) is 17.9 Å². The Hall–Kier alpha value is -0.530. The predicted molar refractivity (Wildman–Crippen MR) is 40.9 cm³/mol. The highest BCUT2D eigenvalue weighted by atomic mass is 16.2. The molecule has 4 atom stereocenters. The summed E-state index contributed by atoms with van der Waals surface area (Å²) in [6.07, 6.45) is 5.19. The smallest absolute Gasteiger partial charge is 0.223 e. The zero-order valence-corrected chi connectivity index (χ0v) is 6.55. The molecule has 1 amide bonds. The average Bonchev–Trinajstić information content (AvgIpc) is 2.52. The average molecular weight is 151 g/mol. The van der Waals surface area contributed by atoms with Crippen LogP contribution in [0.2, 0.25) is 0 Å². The van der Waals surface area contributed by atoms with Crippen LogP contribution in [-0.4, -0.2) is 11.9 Å². The zero-order chi connectivity index (χ0) is 7.42. The Labute approximate surface area is 66.4 Å². The topological polar surface area (TPSA) is 29.1 Å².